The molecule has 0 aromatic carbocycles. The average Bonchev–Trinajstić information content (AvgIpc) is 2.47. The SMILES string of the molecule is C=C(N[CH2][Pb])c1cccnc1NCc1ccncc1. The molecule has 19 heavy (non-hydrogen) atoms. The molecule has 5 heteroatoms. The van der Waals surface area contributed by atoms with Crippen molar-refractivity contribution in [3.63, 3.8) is 0 Å². The van der Waals surface area contributed by atoms with Crippen LogP contribution >= 0.6 is 0 Å². The van der Waals surface area contributed by atoms with E-state index in [0.717, 1.165) is 53.5 Å². The molecular weight excluding hydrogens is 431 g/mol. The zero-order valence-electron chi connectivity index (χ0n) is 10.6. The van der Waals surface area contributed by atoms with Gasteiger partial charge in [-0.15, -0.1) is 0 Å². The third kappa shape index (κ3) is 4.02. The van der Waals surface area contributed by atoms with Crippen molar-refractivity contribution < 1.29 is 0 Å². The van der Waals surface area contributed by atoms with Crippen LogP contribution in [0.5, 0.6) is 0 Å². The minimum absolute atomic E-state index is 0.723. The van der Waals surface area contributed by atoms with E-state index in [2.05, 4.69) is 27.2 Å². The molecule has 4 nitrogen and oxygen atoms in total. The molecule has 0 atom stereocenters. The Morgan fingerprint density at radius 1 is 1.21 bits per heavy atom. The Labute approximate surface area is 129 Å². The van der Waals surface area contributed by atoms with Gasteiger partial charge in [-0.2, -0.15) is 0 Å². The third-order valence-corrected chi connectivity index (χ3v) is 3.33. The van der Waals surface area contributed by atoms with Crippen LogP contribution in [0.3, 0.4) is 0 Å². The summed E-state index contributed by atoms with van der Waals surface area (Å²) in [7, 11) is 0. The molecule has 0 aliphatic heterocycles. The second kappa shape index (κ2) is 7.22. The topological polar surface area (TPSA) is 49.8 Å². The van der Waals surface area contributed by atoms with E-state index in [1.54, 1.807) is 18.6 Å². The van der Waals surface area contributed by atoms with Gasteiger partial charge >= 0.3 is 129 Å². The van der Waals surface area contributed by atoms with Gasteiger partial charge in [0.25, 0.3) is 0 Å². The van der Waals surface area contributed by atoms with E-state index < -0.39 is 0 Å². The standard InChI is InChI=1S/C14H15N4.Pb/c1-11(15-2)13-4-3-7-17-14(13)18-10-12-5-8-16-9-6-12;/h3-9,15H,1-2,10H2,(H,17,18);. The van der Waals surface area contributed by atoms with Crippen molar-refractivity contribution in [2.24, 2.45) is 0 Å². The monoisotopic (exact) mass is 447 g/mol. The van der Waals surface area contributed by atoms with E-state index in [-0.39, 0.29) is 0 Å². The second-order valence-electron chi connectivity index (χ2n) is 3.94. The fourth-order valence-corrected chi connectivity index (χ4v) is 2.51. The Bertz CT molecular complexity index is 542. The molecular formula is C14H15N4Pb. The van der Waals surface area contributed by atoms with Crippen LogP contribution in [0.15, 0.2) is 49.4 Å². The van der Waals surface area contributed by atoms with E-state index in [4.69, 9.17) is 0 Å². The van der Waals surface area contributed by atoms with Crippen LogP contribution in [0.1, 0.15) is 11.1 Å². The molecule has 0 fully saturated rings. The summed E-state index contributed by atoms with van der Waals surface area (Å²) in [6.45, 7) is 4.77. The number of hydrogen-bond donors (Lipinski definition) is 2. The van der Waals surface area contributed by atoms with Crippen molar-refractivity contribution in [2.45, 2.75) is 6.54 Å². The van der Waals surface area contributed by atoms with Crippen LogP contribution in [0.25, 0.3) is 5.70 Å². The van der Waals surface area contributed by atoms with Crippen LogP contribution in [0.4, 0.5) is 5.82 Å². The van der Waals surface area contributed by atoms with Crippen LogP contribution in [0.2, 0.25) is 0 Å². The molecule has 0 aliphatic rings. The summed E-state index contributed by atoms with van der Waals surface area (Å²) in [5, 5.41) is 6.62. The molecule has 2 N–H and O–H groups in total. The molecule has 2 heterocycles. The molecule has 0 amide bonds. The van der Waals surface area contributed by atoms with Gasteiger partial charge in [-0.1, -0.05) is 0 Å². The third-order valence-electron chi connectivity index (χ3n) is 2.64. The Morgan fingerprint density at radius 3 is 2.74 bits per heavy atom. The van der Waals surface area contributed by atoms with Crippen molar-refractivity contribution in [3.05, 3.63) is 60.6 Å². The van der Waals surface area contributed by atoms with E-state index in [1.165, 1.54) is 5.56 Å². The first-order valence-electron chi connectivity index (χ1n) is 5.97. The fourth-order valence-electron chi connectivity index (χ4n) is 1.68. The van der Waals surface area contributed by atoms with Crippen LogP contribution in [0, 0.1) is 0 Å². The normalized spacial score (nSPS) is 9.95. The minimum atomic E-state index is 0.723. The Kier molecular flexibility index (Phi) is 5.32. The van der Waals surface area contributed by atoms with E-state index in [0.29, 0.717) is 0 Å². The summed E-state index contributed by atoms with van der Waals surface area (Å²) in [5.74, 6) is 0.854. The maximum absolute atomic E-state index is 4.38. The molecule has 2 aromatic rings. The number of hydrogen-bond acceptors (Lipinski definition) is 4. The summed E-state index contributed by atoms with van der Waals surface area (Å²) in [6, 6.07) is 7.92. The number of aromatic nitrogens is 2. The van der Waals surface area contributed by atoms with Gasteiger partial charge in [0.1, 0.15) is 0 Å². The van der Waals surface area contributed by atoms with Crippen LogP contribution in [-0.4, -0.2) is 39.8 Å². The first kappa shape index (κ1) is 14.0. The van der Waals surface area contributed by atoms with E-state index in [1.807, 2.05) is 24.3 Å². The number of nitrogens with zero attached hydrogens (tertiary/aromatic N) is 2. The van der Waals surface area contributed by atoms with Crippen molar-refractivity contribution in [1.29, 1.82) is 0 Å². The molecule has 0 unspecified atom stereocenters. The van der Waals surface area contributed by atoms with Crippen molar-refractivity contribution in [2.75, 3.05) is 9.42 Å². The van der Waals surface area contributed by atoms with E-state index >= 15 is 0 Å². The van der Waals surface area contributed by atoms with Gasteiger partial charge in [-0.3, -0.25) is 0 Å². The fraction of sp³-hybridized carbons (Fsp3) is 0.143. The van der Waals surface area contributed by atoms with Gasteiger partial charge in [0.15, 0.2) is 0 Å². The van der Waals surface area contributed by atoms with Gasteiger partial charge in [-0.25, -0.2) is 0 Å². The summed E-state index contributed by atoms with van der Waals surface area (Å²) in [5.41, 5.74) is 3.11. The van der Waals surface area contributed by atoms with Crippen LogP contribution < -0.4 is 10.6 Å². The molecule has 0 saturated carbocycles. The molecule has 0 bridgehead atoms. The van der Waals surface area contributed by atoms with Gasteiger partial charge in [0, 0.05) is 0 Å². The van der Waals surface area contributed by atoms with Gasteiger partial charge in [0.05, 0.1) is 0 Å². The van der Waals surface area contributed by atoms with E-state index in [9.17, 15) is 0 Å². The number of rotatable bonds is 6. The van der Waals surface area contributed by atoms with Gasteiger partial charge < -0.3 is 0 Å². The maximum atomic E-state index is 4.38. The first-order chi connectivity index (χ1) is 9.31. The number of pyridine rings is 2. The van der Waals surface area contributed by atoms with Crippen molar-refractivity contribution in [1.82, 2.24) is 15.3 Å². The predicted molar refractivity (Wildman–Crippen MR) is 78.6 cm³/mol. The quantitative estimate of drug-likeness (QED) is 0.665. The molecule has 0 aliphatic carbocycles. The molecule has 2 aromatic heterocycles. The van der Waals surface area contributed by atoms with Crippen molar-refractivity contribution >= 4 is 37.3 Å². The average molecular weight is 447 g/mol. The summed E-state index contributed by atoms with van der Waals surface area (Å²) < 4.78 is 0.984. The summed E-state index contributed by atoms with van der Waals surface area (Å²) >= 11 is 1.10. The zero-order chi connectivity index (χ0) is 13.5. The Morgan fingerprint density at radius 2 is 2.00 bits per heavy atom. The number of nitrogens with one attached hydrogen (secondary N) is 2. The van der Waals surface area contributed by atoms with Gasteiger partial charge in [-0.05, 0) is 0 Å². The van der Waals surface area contributed by atoms with Crippen molar-refractivity contribution in [3.8, 4) is 0 Å². The first-order valence-corrected chi connectivity index (χ1v) is 8.71. The molecule has 0 saturated heterocycles. The zero-order valence-corrected chi connectivity index (χ0v) is 14.4. The second-order valence-corrected chi connectivity index (χ2v) is 5.32. The summed E-state index contributed by atoms with van der Waals surface area (Å²) in [6.07, 6.45) is 5.36. The Balaban J connectivity index is 2.10. The molecule has 2 rings (SSSR count). The molecule has 3 radical (unpaired) electrons. The molecule has 0 spiro atoms. The molecule has 95 valence electrons. The summed E-state index contributed by atoms with van der Waals surface area (Å²) in [4.78, 5) is 8.39. The van der Waals surface area contributed by atoms with Gasteiger partial charge in [0.2, 0.25) is 0 Å². The number of anilines is 1. The van der Waals surface area contributed by atoms with Crippen LogP contribution in [-0.2, 0) is 6.54 Å². The Hall–Kier alpha value is -1.44. The predicted octanol–water partition coefficient (Wildman–Crippen LogP) is 1.77.